The number of rotatable bonds is 8. The van der Waals surface area contributed by atoms with Gasteiger partial charge < -0.3 is 10.1 Å². The van der Waals surface area contributed by atoms with Crippen molar-refractivity contribution in [1.29, 1.82) is 0 Å². The summed E-state index contributed by atoms with van der Waals surface area (Å²) >= 11 is 5.81. The van der Waals surface area contributed by atoms with Crippen LogP contribution in [-0.2, 0) is 24.7 Å². The average molecular weight is 475 g/mol. The molecule has 1 atom stereocenters. The van der Waals surface area contributed by atoms with Gasteiger partial charge in [0.2, 0.25) is 5.91 Å². The number of carbonyl (C=O) groups excluding carboxylic acids is 1. The highest BCUT2D eigenvalue weighted by atomic mass is 35.5. The lowest BCUT2D eigenvalue weighted by Crippen LogP contribution is -2.36. The summed E-state index contributed by atoms with van der Waals surface area (Å²) in [4.78, 5) is 12.2. The first kappa shape index (κ1) is 24.0. The number of anilines is 2. The Kier molecular flexibility index (Phi) is 7.38. The summed E-state index contributed by atoms with van der Waals surface area (Å²) < 4.78 is 57.7. The molecule has 0 heterocycles. The smallest absolute Gasteiger partial charge is 0.265 e. The lowest BCUT2D eigenvalue weighted by molar-refractivity contribution is -0.115. The highest BCUT2D eigenvalue weighted by Gasteiger charge is 2.31. The summed E-state index contributed by atoms with van der Waals surface area (Å²) in [7, 11) is -6.44. The van der Waals surface area contributed by atoms with Crippen LogP contribution in [0.4, 0.5) is 11.4 Å². The molecule has 164 valence electrons. The zero-order valence-electron chi connectivity index (χ0n) is 16.8. The Balaban J connectivity index is 2.35. The summed E-state index contributed by atoms with van der Waals surface area (Å²) in [6, 6.07) is 10.0. The van der Waals surface area contributed by atoms with Crippen molar-refractivity contribution in [3.8, 4) is 5.75 Å². The molecule has 0 aliphatic rings. The van der Waals surface area contributed by atoms with Gasteiger partial charge in [0.15, 0.2) is 9.84 Å². The molecule has 30 heavy (non-hydrogen) atoms. The largest absolute Gasteiger partial charge is 0.495 e. The van der Waals surface area contributed by atoms with E-state index < -0.39 is 36.3 Å². The summed E-state index contributed by atoms with van der Waals surface area (Å²) in [5.74, 6) is -0.708. The van der Waals surface area contributed by atoms with Gasteiger partial charge in [0.1, 0.15) is 15.9 Å². The van der Waals surface area contributed by atoms with E-state index in [2.05, 4.69) is 10.0 Å². The van der Waals surface area contributed by atoms with Crippen molar-refractivity contribution < 1.29 is 26.4 Å². The maximum atomic E-state index is 12.9. The van der Waals surface area contributed by atoms with Crippen molar-refractivity contribution in [1.82, 2.24) is 0 Å². The zero-order chi connectivity index (χ0) is 22.7. The number of methoxy groups -OCH3 is 1. The van der Waals surface area contributed by atoms with E-state index in [1.54, 1.807) is 0 Å². The van der Waals surface area contributed by atoms with Gasteiger partial charge >= 0.3 is 0 Å². The first-order valence-corrected chi connectivity index (χ1v) is 12.4. The Morgan fingerprint density at radius 3 is 2.07 bits per heavy atom. The Hall–Kier alpha value is -2.30. The number of sulfonamides is 1. The van der Waals surface area contributed by atoms with Crippen LogP contribution in [0.1, 0.15) is 20.8 Å². The van der Waals surface area contributed by atoms with Crippen molar-refractivity contribution in [3.63, 3.8) is 0 Å². The molecular weight excluding hydrogens is 452 g/mol. The van der Waals surface area contributed by atoms with Crippen LogP contribution in [0.3, 0.4) is 0 Å². The van der Waals surface area contributed by atoms with E-state index in [-0.39, 0.29) is 22.0 Å². The fraction of sp³-hybridized carbons (Fsp3) is 0.316. The minimum absolute atomic E-state index is 0.0531. The van der Waals surface area contributed by atoms with Crippen molar-refractivity contribution in [2.24, 2.45) is 0 Å². The molecule has 0 aromatic heterocycles. The van der Waals surface area contributed by atoms with Gasteiger partial charge in [-0.15, -0.1) is 0 Å². The number of carbonyl (C=O) groups is 1. The lowest BCUT2D eigenvalue weighted by Gasteiger charge is -2.17. The Bertz CT molecular complexity index is 1130. The predicted molar refractivity (Wildman–Crippen MR) is 117 cm³/mol. The molecule has 1 amide bonds. The maximum Gasteiger partial charge on any atom is 0.265 e. The summed E-state index contributed by atoms with van der Waals surface area (Å²) in [5.41, 5.74) is 0.399. The SMILES string of the molecule is COc1ccc(NC(=O)C(C)S(=O)(=O)C(C)C)cc1S(=O)(=O)Nc1ccc(Cl)cc1. The lowest BCUT2D eigenvalue weighted by atomic mass is 10.3. The topological polar surface area (TPSA) is 119 Å². The summed E-state index contributed by atoms with van der Waals surface area (Å²) in [6.45, 7) is 4.26. The van der Waals surface area contributed by atoms with Crippen LogP contribution in [0.5, 0.6) is 5.75 Å². The zero-order valence-corrected chi connectivity index (χ0v) is 19.2. The fourth-order valence-corrected chi connectivity index (χ4v) is 5.05. The van der Waals surface area contributed by atoms with Crippen LogP contribution in [0, 0.1) is 0 Å². The molecule has 11 heteroatoms. The summed E-state index contributed by atoms with van der Waals surface area (Å²) in [5, 5.41) is 0.877. The third-order valence-electron chi connectivity index (χ3n) is 4.34. The van der Waals surface area contributed by atoms with Crippen LogP contribution in [-0.4, -0.2) is 40.4 Å². The minimum atomic E-state index is -4.08. The number of ether oxygens (including phenoxy) is 1. The molecule has 0 aliphatic heterocycles. The van der Waals surface area contributed by atoms with Crippen LogP contribution >= 0.6 is 11.6 Å². The molecule has 0 radical (unpaired) electrons. The number of hydrogen-bond acceptors (Lipinski definition) is 6. The first-order chi connectivity index (χ1) is 13.9. The number of amides is 1. The molecule has 0 aliphatic carbocycles. The molecule has 0 bridgehead atoms. The van der Waals surface area contributed by atoms with Gasteiger partial charge in [-0.2, -0.15) is 0 Å². The van der Waals surface area contributed by atoms with Gasteiger partial charge in [-0.3, -0.25) is 9.52 Å². The molecule has 2 aromatic carbocycles. The molecule has 2 rings (SSSR count). The maximum absolute atomic E-state index is 12.9. The molecule has 0 saturated carbocycles. The Morgan fingerprint density at radius 1 is 0.967 bits per heavy atom. The van der Waals surface area contributed by atoms with Crippen LogP contribution < -0.4 is 14.8 Å². The van der Waals surface area contributed by atoms with Crippen molar-refractivity contribution in [2.75, 3.05) is 17.1 Å². The molecule has 0 fully saturated rings. The molecule has 0 saturated heterocycles. The normalized spacial score (nSPS) is 13.0. The quantitative estimate of drug-likeness (QED) is 0.605. The van der Waals surface area contributed by atoms with Crippen LogP contribution in [0.15, 0.2) is 47.4 Å². The van der Waals surface area contributed by atoms with E-state index in [1.807, 2.05) is 0 Å². The molecule has 0 spiro atoms. The monoisotopic (exact) mass is 474 g/mol. The average Bonchev–Trinajstić information content (AvgIpc) is 2.68. The van der Waals surface area contributed by atoms with E-state index in [4.69, 9.17) is 16.3 Å². The number of halogens is 1. The molecular formula is C19H23ClN2O6S2. The van der Waals surface area contributed by atoms with Gasteiger partial charge in [-0.1, -0.05) is 11.6 Å². The van der Waals surface area contributed by atoms with Gasteiger partial charge in [0.25, 0.3) is 10.0 Å². The third-order valence-corrected chi connectivity index (χ3v) is 8.50. The second kappa shape index (κ2) is 9.23. The van der Waals surface area contributed by atoms with E-state index >= 15 is 0 Å². The van der Waals surface area contributed by atoms with Crippen molar-refractivity contribution in [3.05, 3.63) is 47.5 Å². The van der Waals surface area contributed by atoms with Gasteiger partial charge in [-0.05, 0) is 63.2 Å². The van der Waals surface area contributed by atoms with Gasteiger partial charge in [0, 0.05) is 16.4 Å². The number of hydrogen-bond donors (Lipinski definition) is 2. The van der Waals surface area contributed by atoms with E-state index in [0.29, 0.717) is 5.02 Å². The molecule has 1 unspecified atom stereocenters. The summed E-state index contributed by atoms with van der Waals surface area (Å²) in [6.07, 6.45) is 0. The number of benzene rings is 2. The highest BCUT2D eigenvalue weighted by Crippen LogP contribution is 2.29. The second-order valence-corrected chi connectivity index (χ2v) is 11.7. The first-order valence-electron chi connectivity index (χ1n) is 8.88. The molecule has 2 aromatic rings. The Labute approximate surface area is 181 Å². The Morgan fingerprint density at radius 2 is 1.53 bits per heavy atom. The van der Waals surface area contributed by atoms with Crippen LogP contribution in [0.2, 0.25) is 5.02 Å². The van der Waals surface area contributed by atoms with Gasteiger partial charge in [0.05, 0.1) is 12.4 Å². The van der Waals surface area contributed by atoms with Gasteiger partial charge in [-0.25, -0.2) is 16.8 Å². The van der Waals surface area contributed by atoms with Crippen molar-refractivity contribution >= 4 is 48.7 Å². The molecule has 8 nitrogen and oxygen atoms in total. The predicted octanol–water partition coefficient (Wildman–Crippen LogP) is 3.30. The standard InChI is InChI=1S/C19H23ClN2O6S2/c1-12(2)29(24,25)13(3)19(23)21-16-9-10-17(28-4)18(11-16)30(26,27)22-15-7-5-14(20)6-8-15/h5-13,22H,1-4H3,(H,21,23). The fourth-order valence-electron chi connectivity index (χ4n) is 2.49. The van der Waals surface area contributed by atoms with Crippen molar-refractivity contribution in [2.45, 2.75) is 36.2 Å². The van der Waals surface area contributed by atoms with E-state index in [1.165, 1.54) is 70.3 Å². The number of nitrogens with one attached hydrogen (secondary N) is 2. The third kappa shape index (κ3) is 5.44. The van der Waals surface area contributed by atoms with E-state index in [9.17, 15) is 21.6 Å². The highest BCUT2D eigenvalue weighted by molar-refractivity contribution is 7.93. The second-order valence-electron chi connectivity index (χ2n) is 6.75. The minimum Gasteiger partial charge on any atom is -0.495 e. The van der Waals surface area contributed by atoms with Crippen LogP contribution in [0.25, 0.3) is 0 Å². The molecule has 2 N–H and O–H groups in total. The van der Waals surface area contributed by atoms with E-state index in [0.717, 1.165) is 0 Å². The number of sulfone groups is 1.